The largest absolute Gasteiger partial charge is 0.497 e. The fourth-order valence-corrected chi connectivity index (χ4v) is 4.79. The third-order valence-electron chi connectivity index (χ3n) is 5.92. The van der Waals surface area contributed by atoms with Crippen LogP contribution in [-0.4, -0.2) is 53.2 Å². The molecule has 182 valence electrons. The summed E-state index contributed by atoms with van der Waals surface area (Å²) in [5, 5.41) is 6.62. The molecule has 35 heavy (non-hydrogen) atoms. The molecule has 1 aliphatic rings. The summed E-state index contributed by atoms with van der Waals surface area (Å²) in [7, 11) is 3.77. The van der Waals surface area contributed by atoms with Gasteiger partial charge in [-0.25, -0.2) is 15.0 Å². The van der Waals surface area contributed by atoms with E-state index in [0.717, 1.165) is 48.2 Å². The Bertz CT molecular complexity index is 1300. The molecule has 1 aliphatic heterocycles. The number of nitrogens with one attached hydrogen (secondary N) is 1. The molecule has 1 saturated heterocycles. The lowest BCUT2D eigenvalue weighted by molar-refractivity contribution is 0.115. The van der Waals surface area contributed by atoms with Gasteiger partial charge in [0, 0.05) is 36.3 Å². The second-order valence-corrected chi connectivity index (χ2v) is 9.53. The van der Waals surface area contributed by atoms with E-state index in [1.165, 1.54) is 17.7 Å². The molecule has 8 nitrogen and oxygen atoms in total. The van der Waals surface area contributed by atoms with Crippen LogP contribution >= 0.6 is 22.9 Å². The number of ether oxygens (including phenoxy) is 3. The van der Waals surface area contributed by atoms with E-state index in [9.17, 15) is 0 Å². The van der Waals surface area contributed by atoms with E-state index in [4.69, 9.17) is 25.8 Å². The zero-order valence-corrected chi connectivity index (χ0v) is 21.1. The predicted molar refractivity (Wildman–Crippen MR) is 138 cm³/mol. The van der Waals surface area contributed by atoms with Crippen molar-refractivity contribution in [3.05, 3.63) is 58.3 Å². The number of benzene rings is 2. The lowest BCUT2D eigenvalue weighted by Gasteiger charge is -2.29. The first-order valence-electron chi connectivity index (χ1n) is 11.3. The standard InChI is InChI=1S/C25H26ClN5O3S/c1-31-7-5-18(6-8-31)34-23-11-19(32-2)10-21-24(23)25(28-14-27-21)30-16-3-4-22(20(26)9-16)33-12-17-13-35-15-29-17/h3-4,9-11,13-15,18H,5-8,12H2,1-2H3,(H,27,28,30). The van der Waals surface area contributed by atoms with E-state index in [0.29, 0.717) is 34.7 Å². The minimum atomic E-state index is 0.123. The van der Waals surface area contributed by atoms with E-state index in [1.54, 1.807) is 12.6 Å². The van der Waals surface area contributed by atoms with Crippen LogP contribution in [0.1, 0.15) is 18.5 Å². The Morgan fingerprint density at radius 1 is 1.11 bits per heavy atom. The molecule has 2 aromatic heterocycles. The molecule has 0 unspecified atom stereocenters. The number of anilines is 2. The van der Waals surface area contributed by atoms with Crippen LogP contribution in [0.3, 0.4) is 0 Å². The Kier molecular flexibility index (Phi) is 7.17. The van der Waals surface area contributed by atoms with Crippen LogP contribution in [0.2, 0.25) is 5.02 Å². The first-order chi connectivity index (χ1) is 17.1. The topological polar surface area (TPSA) is 81.6 Å². The summed E-state index contributed by atoms with van der Waals surface area (Å²) in [4.78, 5) is 15.5. The van der Waals surface area contributed by atoms with Gasteiger partial charge < -0.3 is 24.4 Å². The molecular weight excluding hydrogens is 486 g/mol. The normalized spacial score (nSPS) is 14.7. The van der Waals surface area contributed by atoms with E-state index in [2.05, 4.69) is 32.2 Å². The lowest BCUT2D eigenvalue weighted by Crippen LogP contribution is -2.35. The predicted octanol–water partition coefficient (Wildman–Crippen LogP) is 5.54. The van der Waals surface area contributed by atoms with Gasteiger partial charge in [0.25, 0.3) is 0 Å². The average Bonchev–Trinajstić information content (AvgIpc) is 3.38. The lowest BCUT2D eigenvalue weighted by atomic mass is 10.1. The van der Waals surface area contributed by atoms with Crippen molar-refractivity contribution in [2.24, 2.45) is 0 Å². The molecular formula is C25H26ClN5O3S. The smallest absolute Gasteiger partial charge is 0.145 e. The molecule has 4 aromatic rings. The van der Waals surface area contributed by atoms with E-state index in [1.807, 2.05) is 35.7 Å². The van der Waals surface area contributed by atoms with Crippen LogP contribution in [0, 0.1) is 0 Å². The van der Waals surface area contributed by atoms with Gasteiger partial charge in [0.05, 0.1) is 34.2 Å². The summed E-state index contributed by atoms with van der Waals surface area (Å²) in [6, 6.07) is 9.33. The van der Waals surface area contributed by atoms with Crippen molar-refractivity contribution in [2.45, 2.75) is 25.6 Å². The van der Waals surface area contributed by atoms with Crippen LogP contribution in [0.5, 0.6) is 17.2 Å². The number of nitrogens with zero attached hydrogens (tertiary/aromatic N) is 4. The Balaban J connectivity index is 1.41. The SMILES string of the molecule is COc1cc(OC2CCN(C)CC2)c2c(Nc3ccc(OCc4cscn4)c(Cl)c3)ncnc2c1. The molecule has 0 bridgehead atoms. The van der Waals surface area contributed by atoms with Gasteiger partial charge in [-0.2, -0.15) is 0 Å². The zero-order chi connectivity index (χ0) is 24.2. The van der Waals surface area contributed by atoms with Gasteiger partial charge in [0.1, 0.15) is 42.1 Å². The van der Waals surface area contributed by atoms with Crippen molar-refractivity contribution in [1.82, 2.24) is 19.9 Å². The Labute approximate surface area is 212 Å². The number of likely N-dealkylation sites (tertiary alicyclic amines) is 1. The molecule has 3 heterocycles. The Morgan fingerprint density at radius 2 is 1.97 bits per heavy atom. The molecule has 1 N–H and O–H groups in total. The van der Waals surface area contributed by atoms with E-state index in [-0.39, 0.29) is 6.10 Å². The van der Waals surface area contributed by atoms with Crippen molar-refractivity contribution in [1.29, 1.82) is 0 Å². The fourth-order valence-electron chi connectivity index (χ4n) is 4.01. The zero-order valence-electron chi connectivity index (χ0n) is 19.5. The van der Waals surface area contributed by atoms with Gasteiger partial charge in [-0.15, -0.1) is 11.3 Å². The molecule has 0 saturated carbocycles. The average molecular weight is 512 g/mol. The second-order valence-electron chi connectivity index (χ2n) is 8.40. The number of piperidine rings is 1. The molecule has 0 radical (unpaired) electrons. The maximum atomic E-state index is 6.50. The summed E-state index contributed by atoms with van der Waals surface area (Å²) in [5.41, 5.74) is 4.16. The summed E-state index contributed by atoms with van der Waals surface area (Å²) in [6.45, 7) is 2.37. The number of methoxy groups -OCH3 is 1. The Hall–Kier alpha value is -3.14. The molecule has 0 atom stereocenters. The van der Waals surface area contributed by atoms with Gasteiger partial charge in [-0.1, -0.05) is 11.6 Å². The number of fused-ring (bicyclic) bond motifs is 1. The number of thiazole rings is 1. The quantitative estimate of drug-likeness (QED) is 0.330. The third kappa shape index (κ3) is 5.58. The molecule has 0 amide bonds. The van der Waals surface area contributed by atoms with Gasteiger partial charge >= 0.3 is 0 Å². The molecule has 0 aliphatic carbocycles. The van der Waals surface area contributed by atoms with Gasteiger partial charge in [0.15, 0.2) is 0 Å². The molecule has 1 fully saturated rings. The van der Waals surface area contributed by atoms with Crippen LogP contribution < -0.4 is 19.5 Å². The van der Waals surface area contributed by atoms with Crippen LogP contribution in [0.4, 0.5) is 11.5 Å². The number of aromatic nitrogens is 3. The second kappa shape index (κ2) is 10.6. The van der Waals surface area contributed by atoms with Crippen molar-refractivity contribution in [3.63, 3.8) is 0 Å². The van der Waals surface area contributed by atoms with Crippen molar-refractivity contribution < 1.29 is 14.2 Å². The van der Waals surface area contributed by atoms with Gasteiger partial charge in [-0.05, 0) is 38.1 Å². The summed E-state index contributed by atoms with van der Waals surface area (Å²) < 4.78 is 17.8. The van der Waals surface area contributed by atoms with E-state index >= 15 is 0 Å². The van der Waals surface area contributed by atoms with Gasteiger partial charge in [0.2, 0.25) is 0 Å². The molecule has 10 heteroatoms. The highest BCUT2D eigenvalue weighted by Gasteiger charge is 2.21. The summed E-state index contributed by atoms with van der Waals surface area (Å²) in [6.07, 6.45) is 3.57. The van der Waals surface area contributed by atoms with Gasteiger partial charge in [-0.3, -0.25) is 0 Å². The number of rotatable bonds is 8. The first-order valence-corrected chi connectivity index (χ1v) is 12.7. The fraction of sp³-hybridized carbons (Fsp3) is 0.320. The minimum Gasteiger partial charge on any atom is -0.497 e. The minimum absolute atomic E-state index is 0.123. The molecule has 0 spiro atoms. The van der Waals surface area contributed by atoms with Crippen molar-refractivity contribution in [3.8, 4) is 17.2 Å². The van der Waals surface area contributed by atoms with Crippen LogP contribution in [-0.2, 0) is 6.61 Å². The molecule has 5 rings (SSSR count). The van der Waals surface area contributed by atoms with Crippen molar-refractivity contribution in [2.75, 3.05) is 32.6 Å². The molecule has 2 aromatic carbocycles. The highest BCUT2D eigenvalue weighted by Crippen LogP contribution is 2.37. The maximum Gasteiger partial charge on any atom is 0.145 e. The highest BCUT2D eigenvalue weighted by atomic mass is 35.5. The monoisotopic (exact) mass is 511 g/mol. The maximum absolute atomic E-state index is 6.50. The number of hydrogen-bond donors (Lipinski definition) is 1. The summed E-state index contributed by atoms with van der Waals surface area (Å²) in [5.74, 6) is 2.61. The summed E-state index contributed by atoms with van der Waals surface area (Å²) >= 11 is 8.04. The van der Waals surface area contributed by atoms with E-state index < -0.39 is 0 Å². The highest BCUT2D eigenvalue weighted by molar-refractivity contribution is 7.07. The van der Waals surface area contributed by atoms with Crippen molar-refractivity contribution >= 4 is 45.3 Å². The van der Waals surface area contributed by atoms with Crippen LogP contribution in [0.25, 0.3) is 10.9 Å². The van der Waals surface area contributed by atoms with Crippen LogP contribution in [0.15, 0.2) is 47.5 Å². The number of hydrogen-bond acceptors (Lipinski definition) is 9. The number of halogens is 1. The Morgan fingerprint density at radius 3 is 2.71 bits per heavy atom. The third-order valence-corrected chi connectivity index (χ3v) is 6.85. The first kappa shape index (κ1) is 23.6.